The molecule has 6 heteroatoms. The molecule has 1 aromatic carbocycles. The highest BCUT2D eigenvalue weighted by molar-refractivity contribution is 5.39. The summed E-state index contributed by atoms with van der Waals surface area (Å²) in [6.07, 6.45) is -1.42. The second-order valence-electron chi connectivity index (χ2n) is 4.14. The Kier molecular flexibility index (Phi) is 4.24. The first kappa shape index (κ1) is 14.3. The van der Waals surface area contributed by atoms with E-state index >= 15 is 0 Å². The summed E-state index contributed by atoms with van der Waals surface area (Å²) in [5, 5.41) is 2.71. The molecule has 20 heavy (non-hydrogen) atoms. The van der Waals surface area contributed by atoms with Crippen molar-refractivity contribution in [2.75, 3.05) is 7.05 Å². The maximum Gasteiger partial charge on any atom is 0.416 e. The number of nitrogens with one attached hydrogen (secondary N) is 1. The van der Waals surface area contributed by atoms with Crippen LogP contribution < -0.4 is 10.1 Å². The van der Waals surface area contributed by atoms with Gasteiger partial charge in [0, 0.05) is 12.7 Å². The third-order valence-corrected chi connectivity index (χ3v) is 2.62. The fraction of sp³-hybridized carbons (Fsp3) is 0.214. The zero-order chi connectivity index (χ0) is 14.6. The largest absolute Gasteiger partial charge is 0.456 e. The molecule has 0 aliphatic rings. The van der Waals surface area contributed by atoms with Crippen molar-refractivity contribution in [3.63, 3.8) is 0 Å². The Morgan fingerprint density at radius 3 is 2.60 bits per heavy atom. The number of hydrogen-bond acceptors (Lipinski definition) is 3. The van der Waals surface area contributed by atoms with Crippen molar-refractivity contribution in [3.05, 3.63) is 53.9 Å². The van der Waals surface area contributed by atoms with Crippen LogP contribution in [0.15, 0.2) is 42.7 Å². The average Bonchev–Trinajstić information content (AvgIpc) is 2.41. The third kappa shape index (κ3) is 3.48. The number of ether oxygens (including phenoxy) is 1. The normalized spacial score (nSPS) is 11.4. The average molecular weight is 282 g/mol. The first-order valence-corrected chi connectivity index (χ1v) is 5.93. The van der Waals surface area contributed by atoms with E-state index in [0.717, 1.165) is 6.07 Å². The predicted molar refractivity (Wildman–Crippen MR) is 68.5 cm³/mol. The smallest absolute Gasteiger partial charge is 0.416 e. The van der Waals surface area contributed by atoms with Crippen molar-refractivity contribution in [2.24, 2.45) is 0 Å². The van der Waals surface area contributed by atoms with E-state index in [1.54, 1.807) is 25.4 Å². The first-order valence-electron chi connectivity index (χ1n) is 5.93. The predicted octanol–water partition coefficient (Wildman–Crippen LogP) is 3.61. The SMILES string of the molecule is CNCc1ccc(Oc2cccnc2)cc1C(F)(F)F. The minimum atomic E-state index is -4.42. The molecule has 0 radical (unpaired) electrons. The fourth-order valence-corrected chi connectivity index (χ4v) is 1.77. The van der Waals surface area contributed by atoms with Gasteiger partial charge in [-0.25, -0.2) is 0 Å². The molecule has 0 bridgehead atoms. The van der Waals surface area contributed by atoms with Gasteiger partial charge in [0.05, 0.1) is 11.8 Å². The molecular formula is C14H13F3N2O. The van der Waals surface area contributed by atoms with Gasteiger partial charge in [0.2, 0.25) is 0 Å². The number of hydrogen-bond donors (Lipinski definition) is 1. The van der Waals surface area contributed by atoms with Gasteiger partial charge in [-0.05, 0) is 36.9 Å². The summed E-state index contributed by atoms with van der Waals surface area (Å²) in [6, 6.07) is 7.19. The maximum atomic E-state index is 13.0. The van der Waals surface area contributed by atoms with Crippen molar-refractivity contribution < 1.29 is 17.9 Å². The first-order chi connectivity index (χ1) is 9.50. The number of rotatable bonds is 4. The second-order valence-corrected chi connectivity index (χ2v) is 4.14. The van der Waals surface area contributed by atoms with Gasteiger partial charge in [0.25, 0.3) is 0 Å². The molecule has 0 fully saturated rings. The van der Waals surface area contributed by atoms with Crippen LogP contribution in [0.25, 0.3) is 0 Å². The van der Waals surface area contributed by atoms with Gasteiger partial charge in [-0.2, -0.15) is 13.2 Å². The lowest BCUT2D eigenvalue weighted by Gasteiger charge is -2.14. The molecule has 1 heterocycles. The summed E-state index contributed by atoms with van der Waals surface area (Å²) >= 11 is 0. The van der Waals surface area contributed by atoms with Crippen LogP contribution in [-0.2, 0) is 12.7 Å². The summed E-state index contributed by atoms with van der Waals surface area (Å²) in [4.78, 5) is 3.84. The summed E-state index contributed by atoms with van der Waals surface area (Å²) in [6.45, 7) is 0.141. The van der Waals surface area contributed by atoms with Crippen LogP contribution in [0, 0.1) is 0 Å². The van der Waals surface area contributed by atoms with Crippen molar-refractivity contribution >= 4 is 0 Å². The Morgan fingerprint density at radius 1 is 1.20 bits per heavy atom. The van der Waals surface area contributed by atoms with E-state index in [4.69, 9.17) is 4.74 Å². The van der Waals surface area contributed by atoms with E-state index in [1.807, 2.05) is 0 Å². The molecule has 2 rings (SSSR count). The molecule has 2 aromatic rings. The molecule has 0 saturated heterocycles. The molecule has 106 valence electrons. The molecule has 0 atom stereocenters. The van der Waals surface area contributed by atoms with E-state index in [1.165, 1.54) is 18.3 Å². The van der Waals surface area contributed by atoms with Crippen molar-refractivity contribution in [2.45, 2.75) is 12.7 Å². The van der Waals surface area contributed by atoms with Gasteiger partial charge in [-0.1, -0.05) is 6.07 Å². The van der Waals surface area contributed by atoms with E-state index in [0.29, 0.717) is 5.75 Å². The Balaban J connectivity index is 2.32. The molecule has 0 aliphatic heterocycles. The minimum absolute atomic E-state index is 0.130. The number of pyridine rings is 1. The van der Waals surface area contributed by atoms with Crippen LogP contribution in [0.5, 0.6) is 11.5 Å². The number of nitrogens with zero attached hydrogens (tertiary/aromatic N) is 1. The van der Waals surface area contributed by atoms with Crippen LogP contribution in [0.4, 0.5) is 13.2 Å². The topological polar surface area (TPSA) is 34.1 Å². The van der Waals surface area contributed by atoms with Crippen LogP contribution in [-0.4, -0.2) is 12.0 Å². The van der Waals surface area contributed by atoms with Crippen molar-refractivity contribution in [3.8, 4) is 11.5 Å². The standard InChI is InChI=1S/C14H13F3N2O/c1-18-8-10-4-5-11(7-13(10)14(15,16)17)20-12-3-2-6-19-9-12/h2-7,9,18H,8H2,1H3. The van der Waals surface area contributed by atoms with Crippen LogP contribution in [0.2, 0.25) is 0 Å². The maximum absolute atomic E-state index is 13.0. The Hall–Kier alpha value is -2.08. The molecule has 0 unspecified atom stereocenters. The van der Waals surface area contributed by atoms with Gasteiger partial charge in [-0.15, -0.1) is 0 Å². The molecule has 1 aromatic heterocycles. The zero-order valence-corrected chi connectivity index (χ0v) is 10.7. The highest BCUT2D eigenvalue weighted by Gasteiger charge is 2.33. The van der Waals surface area contributed by atoms with Gasteiger partial charge in [0.15, 0.2) is 0 Å². The van der Waals surface area contributed by atoms with E-state index < -0.39 is 11.7 Å². The van der Waals surface area contributed by atoms with Crippen molar-refractivity contribution in [1.29, 1.82) is 0 Å². The number of halogens is 3. The molecular weight excluding hydrogens is 269 g/mol. The molecule has 0 saturated carbocycles. The Labute approximate surface area is 114 Å². The summed E-state index contributed by atoms with van der Waals surface area (Å²) in [5.74, 6) is 0.521. The highest BCUT2D eigenvalue weighted by atomic mass is 19.4. The van der Waals surface area contributed by atoms with Crippen LogP contribution in [0.3, 0.4) is 0 Å². The second kappa shape index (κ2) is 5.92. The van der Waals surface area contributed by atoms with Gasteiger partial charge < -0.3 is 10.1 Å². The zero-order valence-electron chi connectivity index (χ0n) is 10.7. The van der Waals surface area contributed by atoms with Crippen LogP contribution in [0.1, 0.15) is 11.1 Å². The van der Waals surface area contributed by atoms with E-state index in [9.17, 15) is 13.2 Å². The fourth-order valence-electron chi connectivity index (χ4n) is 1.77. The van der Waals surface area contributed by atoms with Crippen molar-refractivity contribution in [1.82, 2.24) is 10.3 Å². The lowest BCUT2D eigenvalue weighted by Crippen LogP contribution is -2.14. The Morgan fingerprint density at radius 2 is 2.00 bits per heavy atom. The number of alkyl halides is 3. The Bertz CT molecular complexity index is 570. The molecule has 0 amide bonds. The lowest BCUT2D eigenvalue weighted by atomic mass is 10.1. The molecule has 0 spiro atoms. The third-order valence-electron chi connectivity index (χ3n) is 2.62. The number of aromatic nitrogens is 1. The summed E-state index contributed by atoms with van der Waals surface area (Å²) < 4.78 is 44.3. The monoisotopic (exact) mass is 282 g/mol. The molecule has 1 N–H and O–H groups in total. The lowest BCUT2D eigenvalue weighted by molar-refractivity contribution is -0.138. The molecule has 3 nitrogen and oxygen atoms in total. The summed E-state index contributed by atoms with van der Waals surface area (Å²) in [7, 11) is 1.60. The summed E-state index contributed by atoms with van der Waals surface area (Å²) in [5.41, 5.74) is -0.522. The van der Waals surface area contributed by atoms with Crippen LogP contribution >= 0.6 is 0 Å². The van der Waals surface area contributed by atoms with E-state index in [-0.39, 0.29) is 17.9 Å². The quantitative estimate of drug-likeness (QED) is 0.930. The highest BCUT2D eigenvalue weighted by Crippen LogP contribution is 2.35. The number of benzene rings is 1. The van der Waals surface area contributed by atoms with Gasteiger partial charge in [0.1, 0.15) is 11.5 Å². The minimum Gasteiger partial charge on any atom is -0.456 e. The molecule has 0 aliphatic carbocycles. The van der Waals surface area contributed by atoms with E-state index in [2.05, 4.69) is 10.3 Å². The van der Waals surface area contributed by atoms with Gasteiger partial charge >= 0.3 is 6.18 Å². The van der Waals surface area contributed by atoms with Gasteiger partial charge in [-0.3, -0.25) is 4.98 Å².